The van der Waals surface area contributed by atoms with Crippen molar-refractivity contribution in [3.8, 4) is 0 Å². The van der Waals surface area contributed by atoms with Gasteiger partial charge in [0.15, 0.2) is 6.61 Å². The molecular weight excluding hydrogens is 410 g/mol. The fraction of sp³-hybridized carbons (Fsp3) is 0.286. The molecule has 9 heteroatoms. The van der Waals surface area contributed by atoms with E-state index in [0.29, 0.717) is 17.3 Å². The summed E-state index contributed by atoms with van der Waals surface area (Å²) in [7, 11) is 1.48. The molecule has 0 saturated heterocycles. The van der Waals surface area contributed by atoms with Crippen molar-refractivity contribution in [2.24, 2.45) is 0 Å². The highest BCUT2D eigenvalue weighted by molar-refractivity contribution is 7.99. The molecule has 3 aromatic rings. The normalized spacial score (nSPS) is 11.0. The van der Waals surface area contributed by atoms with E-state index in [1.54, 1.807) is 12.4 Å². The molecule has 0 bridgehead atoms. The lowest BCUT2D eigenvalue weighted by atomic mass is 10.1. The van der Waals surface area contributed by atoms with Crippen LogP contribution >= 0.6 is 11.8 Å². The fourth-order valence-electron chi connectivity index (χ4n) is 2.83. The van der Waals surface area contributed by atoms with Crippen LogP contribution in [0, 0.1) is 11.6 Å². The van der Waals surface area contributed by atoms with Gasteiger partial charge in [-0.1, -0.05) is 25.6 Å². The monoisotopic (exact) mass is 432 g/mol. The zero-order chi connectivity index (χ0) is 21.7. The van der Waals surface area contributed by atoms with E-state index in [1.807, 2.05) is 30.5 Å². The summed E-state index contributed by atoms with van der Waals surface area (Å²) < 4.78 is 34.6. The van der Waals surface area contributed by atoms with Crippen molar-refractivity contribution in [1.29, 1.82) is 0 Å². The number of carbonyl (C=O) groups excluding carboxylic acids is 1. The van der Waals surface area contributed by atoms with Crippen LogP contribution in [0.4, 0.5) is 13.6 Å². The SMILES string of the molecule is CNC(=O)OCc1nc(C(C)C)c(Sc2cc(F)cc(F)c2)n1Cc1ccncc1. The van der Waals surface area contributed by atoms with Gasteiger partial charge in [-0.3, -0.25) is 4.98 Å². The molecule has 0 spiro atoms. The van der Waals surface area contributed by atoms with Crippen LogP contribution in [0.25, 0.3) is 0 Å². The molecule has 0 radical (unpaired) electrons. The molecule has 1 amide bonds. The Morgan fingerprint density at radius 1 is 1.20 bits per heavy atom. The van der Waals surface area contributed by atoms with Crippen LogP contribution in [-0.4, -0.2) is 27.7 Å². The molecule has 6 nitrogen and oxygen atoms in total. The van der Waals surface area contributed by atoms with E-state index in [0.717, 1.165) is 22.3 Å². The van der Waals surface area contributed by atoms with E-state index in [9.17, 15) is 13.6 Å². The number of nitrogens with zero attached hydrogens (tertiary/aromatic N) is 3. The summed E-state index contributed by atoms with van der Waals surface area (Å²) in [5.74, 6) is -0.708. The van der Waals surface area contributed by atoms with Gasteiger partial charge < -0.3 is 14.6 Å². The summed E-state index contributed by atoms with van der Waals surface area (Å²) in [6.07, 6.45) is 2.80. The van der Waals surface area contributed by atoms with Crippen molar-refractivity contribution in [2.75, 3.05) is 7.05 Å². The van der Waals surface area contributed by atoms with Gasteiger partial charge in [-0.25, -0.2) is 18.6 Å². The lowest BCUT2D eigenvalue weighted by molar-refractivity contribution is 0.137. The van der Waals surface area contributed by atoms with Crippen molar-refractivity contribution < 1.29 is 18.3 Å². The molecular formula is C21H22F2N4O2S. The predicted molar refractivity (Wildman–Crippen MR) is 109 cm³/mol. The van der Waals surface area contributed by atoms with Crippen LogP contribution in [0.3, 0.4) is 0 Å². The van der Waals surface area contributed by atoms with E-state index in [2.05, 4.69) is 15.3 Å². The standard InChI is InChI=1S/C21H22F2N4O2S/c1-13(2)19-20(30-17-9-15(22)8-16(23)10-17)27(11-14-4-6-25-7-5-14)18(26-19)12-29-21(28)24-3/h4-10,13H,11-12H2,1-3H3,(H,24,28). The Kier molecular flexibility index (Phi) is 7.04. The number of halogens is 2. The van der Waals surface area contributed by atoms with Crippen LogP contribution < -0.4 is 5.32 Å². The fourth-order valence-corrected chi connectivity index (χ4v) is 4.06. The molecule has 2 heterocycles. The Morgan fingerprint density at radius 2 is 1.87 bits per heavy atom. The summed E-state index contributed by atoms with van der Waals surface area (Å²) in [6.45, 7) is 4.37. The van der Waals surface area contributed by atoms with Crippen molar-refractivity contribution in [3.05, 3.63) is 71.4 Å². The number of alkyl carbamates (subject to hydrolysis) is 1. The van der Waals surface area contributed by atoms with E-state index < -0.39 is 17.7 Å². The third-order valence-electron chi connectivity index (χ3n) is 4.25. The number of pyridine rings is 1. The first-order valence-electron chi connectivity index (χ1n) is 9.34. The Morgan fingerprint density at radius 3 is 2.47 bits per heavy atom. The maximum Gasteiger partial charge on any atom is 0.407 e. The zero-order valence-electron chi connectivity index (χ0n) is 16.9. The summed E-state index contributed by atoms with van der Waals surface area (Å²) in [6, 6.07) is 7.14. The Hall–Kier alpha value is -2.94. The zero-order valence-corrected chi connectivity index (χ0v) is 17.7. The molecule has 158 valence electrons. The topological polar surface area (TPSA) is 69.0 Å². The number of nitrogens with one attached hydrogen (secondary N) is 1. The van der Waals surface area contributed by atoms with E-state index >= 15 is 0 Å². The second-order valence-corrected chi connectivity index (χ2v) is 7.91. The van der Waals surface area contributed by atoms with Gasteiger partial charge >= 0.3 is 6.09 Å². The second-order valence-electron chi connectivity index (χ2n) is 6.85. The molecule has 2 aromatic heterocycles. The minimum absolute atomic E-state index is 0.0391. The Balaban J connectivity index is 2.06. The largest absolute Gasteiger partial charge is 0.441 e. The lowest BCUT2D eigenvalue weighted by Crippen LogP contribution is -2.20. The summed E-state index contributed by atoms with van der Waals surface area (Å²) in [4.78, 5) is 20.7. The van der Waals surface area contributed by atoms with Gasteiger partial charge in [-0.15, -0.1) is 0 Å². The second kappa shape index (κ2) is 9.71. The third kappa shape index (κ3) is 5.35. The molecule has 0 saturated carbocycles. The third-order valence-corrected chi connectivity index (χ3v) is 5.34. The lowest BCUT2D eigenvalue weighted by Gasteiger charge is -2.14. The number of ether oxygens (including phenoxy) is 1. The molecule has 0 fully saturated rings. The van der Waals surface area contributed by atoms with E-state index in [1.165, 1.54) is 30.9 Å². The highest BCUT2D eigenvalue weighted by atomic mass is 32.2. The molecule has 1 N–H and O–H groups in total. The Bertz CT molecular complexity index is 1010. The van der Waals surface area contributed by atoms with Gasteiger partial charge in [0.05, 0.1) is 12.2 Å². The molecule has 0 aliphatic heterocycles. The molecule has 30 heavy (non-hydrogen) atoms. The van der Waals surface area contributed by atoms with Crippen molar-refractivity contribution >= 4 is 17.9 Å². The number of rotatable bonds is 7. The number of aromatic nitrogens is 3. The minimum atomic E-state index is -0.646. The Labute approximate surface area is 177 Å². The molecule has 0 atom stereocenters. The van der Waals surface area contributed by atoms with Crippen LogP contribution in [0.2, 0.25) is 0 Å². The summed E-state index contributed by atoms with van der Waals surface area (Å²) >= 11 is 1.23. The molecule has 0 unspecified atom stereocenters. The van der Waals surface area contributed by atoms with Gasteiger partial charge in [0.25, 0.3) is 0 Å². The molecule has 3 rings (SSSR count). The maximum absolute atomic E-state index is 13.7. The first kappa shape index (κ1) is 21.8. The van der Waals surface area contributed by atoms with Gasteiger partial charge in [-0.05, 0) is 35.7 Å². The van der Waals surface area contributed by atoms with Gasteiger partial charge in [0.2, 0.25) is 0 Å². The van der Waals surface area contributed by atoms with Crippen LogP contribution in [0.5, 0.6) is 0 Å². The van der Waals surface area contributed by atoms with E-state index in [-0.39, 0.29) is 12.5 Å². The van der Waals surface area contributed by atoms with Crippen LogP contribution in [0.1, 0.15) is 36.8 Å². The first-order chi connectivity index (χ1) is 14.4. The van der Waals surface area contributed by atoms with Crippen molar-refractivity contribution in [1.82, 2.24) is 19.9 Å². The van der Waals surface area contributed by atoms with Crippen LogP contribution in [-0.2, 0) is 17.9 Å². The number of carbonyl (C=O) groups is 1. The maximum atomic E-state index is 13.7. The first-order valence-corrected chi connectivity index (χ1v) is 10.2. The van der Waals surface area contributed by atoms with Gasteiger partial charge in [0, 0.05) is 30.4 Å². The molecule has 1 aromatic carbocycles. The summed E-state index contributed by atoms with van der Waals surface area (Å²) in [5, 5.41) is 3.14. The van der Waals surface area contributed by atoms with E-state index in [4.69, 9.17) is 4.74 Å². The number of imidazole rings is 1. The predicted octanol–water partition coefficient (Wildman–Crippen LogP) is 4.74. The number of benzene rings is 1. The van der Waals surface area contributed by atoms with Crippen molar-refractivity contribution in [2.45, 2.75) is 42.8 Å². The summed E-state index contributed by atoms with van der Waals surface area (Å²) in [5.41, 5.74) is 1.72. The molecule has 0 aliphatic rings. The van der Waals surface area contributed by atoms with Crippen LogP contribution in [0.15, 0.2) is 52.6 Å². The van der Waals surface area contributed by atoms with Gasteiger partial charge in [-0.2, -0.15) is 0 Å². The smallest absolute Gasteiger partial charge is 0.407 e. The van der Waals surface area contributed by atoms with Gasteiger partial charge in [0.1, 0.15) is 22.5 Å². The highest BCUT2D eigenvalue weighted by Crippen LogP contribution is 2.36. The quantitative estimate of drug-likeness (QED) is 0.584. The minimum Gasteiger partial charge on any atom is -0.441 e. The number of hydrogen-bond acceptors (Lipinski definition) is 5. The average molecular weight is 432 g/mol. The highest BCUT2D eigenvalue weighted by Gasteiger charge is 2.22. The number of amides is 1. The van der Waals surface area contributed by atoms with Crippen molar-refractivity contribution in [3.63, 3.8) is 0 Å². The molecule has 0 aliphatic carbocycles. The number of hydrogen-bond donors (Lipinski definition) is 1. The average Bonchev–Trinajstić information content (AvgIpc) is 3.03.